The molecule has 0 unspecified atom stereocenters. The number of sulfonamides is 1. The number of aromatic nitrogens is 2. The van der Waals surface area contributed by atoms with E-state index in [4.69, 9.17) is 14.2 Å². The molecule has 0 bridgehead atoms. The number of aryl methyl sites for hydroxylation is 1. The zero-order chi connectivity index (χ0) is 41.0. The molecule has 2 aliphatic heterocycles. The number of hydrogen-bond donors (Lipinski definition) is 3. The monoisotopic (exact) mass is 820 g/mol. The van der Waals surface area contributed by atoms with Crippen LogP contribution in [0.1, 0.15) is 83.2 Å². The fourth-order valence-electron chi connectivity index (χ4n) is 7.50. The third-order valence-corrected chi connectivity index (χ3v) is 14.1. The lowest BCUT2D eigenvalue weighted by atomic mass is 10.0. The summed E-state index contributed by atoms with van der Waals surface area (Å²) in [5.41, 5.74) is -2.25. The van der Waals surface area contributed by atoms with Gasteiger partial charge in [-0.3, -0.25) is 19.1 Å². The largest absolute Gasteiger partial charge is 0.497 e. The molecule has 310 valence electrons. The van der Waals surface area contributed by atoms with E-state index in [9.17, 15) is 40.8 Å². The molecule has 1 aromatic heterocycles. The molecule has 15 nitrogen and oxygen atoms in total. The molecule has 3 aliphatic carbocycles. The van der Waals surface area contributed by atoms with Crippen LogP contribution in [0, 0.1) is 18.3 Å². The minimum absolute atomic E-state index is 0.0886. The molecule has 1 saturated heterocycles. The molecule has 0 spiro atoms. The van der Waals surface area contributed by atoms with Crippen LogP contribution in [0.4, 0.5) is 18.0 Å². The first-order valence-electron chi connectivity index (χ1n) is 19.2. The minimum Gasteiger partial charge on any atom is -0.497 e. The van der Waals surface area contributed by atoms with Crippen LogP contribution < -0.4 is 24.8 Å². The van der Waals surface area contributed by atoms with Crippen molar-refractivity contribution in [3.63, 3.8) is 0 Å². The first-order chi connectivity index (χ1) is 26.9. The Morgan fingerprint density at radius 1 is 1.07 bits per heavy atom. The molecule has 57 heavy (non-hydrogen) atoms. The van der Waals surface area contributed by atoms with E-state index < -0.39 is 86.4 Å². The van der Waals surface area contributed by atoms with Crippen LogP contribution in [-0.2, 0) is 29.1 Å². The van der Waals surface area contributed by atoms with Gasteiger partial charge in [-0.1, -0.05) is 25.0 Å². The zero-order valence-corrected chi connectivity index (χ0v) is 32.8. The highest BCUT2D eigenvalue weighted by atomic mass is 32.2. The number of allylic oxidation sites excluding steroid dienone is 1. The Morgan fingerprint density at radius 2 is 1.82 bits per heavy atom. The van der Waals surface area contributed by atoms with E-state index in [1.54, 1.807) is 38.1 Å². The van der Waals surface area contributed by atoms with Crippen molar-refractivity contribution in [1.82, 2.24) is 30.2 Å². The van der Waals surface area contributed by atoms with Crippen molar-refractivity contribution in [3.8, 4) is 11.6 Å². The maximum absolute atomic E-state index is 14.5. The van der Waals surface area contributed by atoms with Crippen LogP contribution in [0.3, 0.4) is 0 Å². The summed E-state index contributed by atoms with van der Waals surface area (Å²) in [5, 5.41) is 5.25. The van der Waals surface area contributed by atoms with Gasteiger partial charge >= 0.3 is 12.3 Å². The summed E-state index contributed by atoms with van der Waals surface area (Å²) in [6.07, 6.45) is -0.0592. The smallest absolute Gasteiger partial charge is 0.407 e. The fourth-order valence-corrected chi connectivity index (χ4v) is 8.81. The molecule has 0 radical (unpaired) electrons. The number of carbonyl (C=O) groups is 4. The average molecular weight is 821 g/mol. The number of nitrogens with zero attached hydrogens (tertiary/aromatic N) is 3. The first kappa shape index (κ1) is 40.5. The highest BCUT2D eigenvalue weighted by molar-refractivity contribution is 7.91. The molecule has 3 heterocycles. The van der Waals surface area contributed by atoms with Crippen LogP contribution in [0.25, 0.3) is 11.0 Å². The molecular weight excluding hydrogens is 774 g/mol. The predicted molar refractivity (Wildman–Crippen MR) is 197 cm³/mol. The Labute approximate surface area is 327 Å². The van der Waals surface area contributed by atoms with Gasteiger partial charge in [0.1, 0.15) is 47.2 Å². The molecule has 4 fully saturated rings. The summed E-state index contributed by atoms with van der Waals surface area (Å²) >= 11 is 0. The number of methoxy groups -OCH3 is 1. The molecule has 1 aromatic carbocycles. The van der Waals surface area contributed by atoms with E-state index in [0.717, 1.165) is 0 Å². The number of benzene rings is 1. The molecular formula is C38H47F3N6O9S. The Morgan fingerprint density at radius 3 is 2.51 bits per heavy atom. The third-order valence-electron chi connectivity index (χ3n) is 12.0. The van der Waals surface area contributed by atoms with Gasteiger partial charge in [0, 0.05) is 18.4 Å². The molecule has 4 amide bonds. The van der Waals surface area contributed by atoms with E-state index in [1.165, 1.54) is 12.0 Å². The van der Waals surface area contributed by atoms with Crippen LogP contribution in [0.2, 0.25) is 0 Å². The molecule has 5 aliphatic rings. The van der Waals surface area contributed by atoms with E-state index in [0.29, 0.717) is 61.0 Å². The first-order valence-corrected chi connectivity index (χ1v) is 20.7. The highest BCUT2D eigenvalue weighted by Crippen LogP contribution is 2.57. The number of halogens is 3. The maximum Gasteiger partial charge on any atom is 0.407 e. The van der Waals surface area contributed by atoms with Crippen molar-refractivity contribution in [2.24, 2.45) is 11.3 Å². The van der Waals surface area contributed by atoms with Crippen molar-refractivity contribution in [2.45, 2.75) is 119 Å². The highest BCUT2D eigenvalue weighted by Gasteiger charge is 2.65. The molecule has 19 heteroatoms. The minimum atomic E-state index is -4.56. The third kappa shape index (κ3) is 8.21. The van der Waals surface area contributed by atoms with Crippen molar-refractivity contribution >= 4 is 44.9 Å². The summed E-state index contributed by atoms with van der Waals surface area (Å²) in [5.74, 6) is -2.18. The number of nitrogens with one attached hydrogen (secondary N) is 3. The SMILES string of the molecule is COc1ccc2nc(C)c(O[C@@H]3C[C@H]4C(=O)N[C@]5(C(=O)NS(=O)(=O)C6(C)CC6)C[C@H]5/C=C\CCCCC[C@H](NC(=O)OCC5(C(F)(F)F)CC5)C(=O)N4C3)nc2c1. The second-order valence-corrected chi connectivity index (χ2v) is 18.4. The van der Waals surface area contributed by atoms with E-state index in [-0.39, 0.29) is 44.5 Å². The number of fused-ring (bicyclic) bond motifs is 3. The van der Waals surface area contributed by atoms with E-state index >= 15 is 0 Å². The van der Waals surface area contributed by atoms with Crippen LogP contribution in [-0.4, -0.2) is 102 Å². The number of carbonyl (C=O) groups excluding carboxylic acids is 4. The predicted octanol–water partition coefficient (Wildman–Crippen LogP) is 4.13. The lowest BCUT2D eigenvalue weighted by Gasteiger charge is -2.30. The maximum atomic E-state index is 14.5. The Bertz CT molecular complexity index is 2090. The summed E-state index contributed by atoms with van der Waals surface area (Å²) in [6, 6.07) is 2.60. The second kappa shape index (κ2) is 14.9. The molecule has 3 saturated carbocycles. The topological polar surface area (TPSA) is 195 Å². The van der Waals surface area contributed by atoms with Crippen molar-refractivity contribution in [2.75, 3.05) is 20.3 Å². The van der Waals surface area contributed by atoms with Crippen molar-refractivity contribution in [1.29, 1.82) is 0 Å². The standard InChI is InChI=1S/C38H47F3N6O9S/c1-22-31(43-28-17-24(54-3)11-12-26(28)42-22)56-25-18-29-30(48)45-37(33(50)46-57(52,53)35(2)13-14-35)19-23(37)9-7-5-4-6-8-10-27(32(49)47(29)20-25)44-34(51)55-21-36(15-16-36)38(39,40)41/h7,9,11-12,17,23,25,27,29H,4-6,8,10,13-16,18-21H2,1-3H3,(H,44,51)(H,45,48)(H,46,50)/b9-7-/t23-,25-,27+,29+,37-/m1/s1. The van der Waals surface area contributed by atoms with Crippen molar-refractivity contribution < 1.29 is 55.0 Å². The average Bonchev–Trinajstić information content (AvgIpc) is 4.10. The van der Waals surface area contributed by atoms with E-state index in [1.807, 2.05) is 6.08 Å². The van der Waals surface area contributed by atoms with Crippen molar-refractivity contribution in [3.05, 3.63) is 36.0 Å². The number of ether oxygens (including phenoxy) is 3. The molecule has 3 N–H and O–H groups in total. The quantitative estimate of drug-likeness (QED) is 0.308. The Balaban J connectivity index is 1.16. The van der Waals surface area contributed by atoms with E-state index in [2.05, 4.69) is 25.3 Å². The normalized spacial score (nSPS) is 28.7. The number of rotatable bonds is 9. The van der Waals surface area contributed by atoms with Gasteiger partial charge in [-0.05, 0) is 77.3 Å². The van der Waals surface area contributed by atoms with Gasteiger partial charge in [-0.15, -0.1) is 0 Å². The Hall–Kier alpha value is -4.68. The van der Waals surface area contributed by atoms with Crippen LogP contribution in [0.5, 0.6) is 11.6 Å². The summed E-state index contributed by atoms with van der Waals surface area (Å²) in [6.45, 7) is 2.17. The molecule has 2 aromatic rings. The van der Waals surface area contributed by atoms with Gasteiger partial charge in [-0.25, -0.2) is 23.2 Å². The van der Waals surface area contributed by atoms with Crippen LogP contribution in [0.15, 0.2) is 30.4 Å². The van der Waals surface area contributed by atoms with Gasteiger partial charge < -0.3 is 29.7 Å². The van der Waals surface area contributed by atoms with Gasteiger partial charge in [0.25, 0.3) is 5.91 Å². The van der Waals surface area contributed by atoms with Gasteiger partial charge in [0.05, 0.1) is 29.4 Å². The molecule has 7 rings (SSSR count). The van der Waals surface area contributed by atoms with Gasteiger partial charge in [0.15, 0.2) is 0 Å². The van der Waals surface area contributed by atoms with Gasteiger partial charge in [0.2, 0.25) is 27.7 Å². The lowest BCUT2D eigenvalue weighted by molar-refractivity contribution is -0.196. The fraction of sp³-hybridized carbons (Fsp3) is 0.632. The van der Waals surface area contributed by atoms with Gasteiger partial charge in [-0.2, -0.15) is 13.2 Å². The number of alkyl halides is 3. The molecule has 5 atom stereocenters. The second-order valence-electron chi connectivity index (χ2n) is 16.2. The summed E-state index contributed by atoms with van der Waals surface area (Å²) in [7, 11) is -2.55. The number of alkyl carbamates (subject to hydrolysis) is 1. The van der Waals surface area contributed by atoms with Crippen LogP contribution >= 0.6 is 0 Å². The number of hydrogen-bond acceptors (Lipinski definition) is 11. The number of amides is 4. The zero-order valence-electron chi connectivity index (χ0n) is 31.9. The summed E-state index contributed by atoms with van der Waals surface area (Å²) < 4.78 is 84.7. The summed E-state index contributed by atoms with van der Waals surface area (Å²) in [4.78, 5) is 66.1. The Kier molecular flexibility index (Phi) is 10.6. The lowest BCUT2D eigenvalue weighted by Crippen LogP contribution is -2.58.